The van der Waals surface area contributed by atoms with E-state index in [-0.39, 0.29) is 5.91 Å². The molecular formula is C21H33N3O. The molecule has 2 aromatic rings. The number of fused-ring (bicyclic) bond motifs is 1. The van der Waals surface area contributed by atoms with E-state index in [4.69, 9.17) is 4.98 Å². The van der Waals surface area contributed by atoms with Crippen molar-refractivity contribution >= 4 is 16.9 Å². The number of nitrogens with one attached hydrogen (secondary N) is 1. The molecule has 25 heavy (non-hydrogen) atoms. The summed E-state index contributed by atoms with van der Waals surface area (Å²) in [7, 11) is 0. The quantitative estimate of drug-likeness (QED) is 0.560. The van der Waals surface area contributed by atoms with Crippen LogP contribution < -0.4 is 5.32 Å². The maximum absolute atomic E-state index is 11.6. The third-order valence-electron chi connectivity index (χ3n) is 4.60. The first kappa shape index (κ1) is 19.5. The predicted molar refractivity (Wildman–Crippen MR) is 105 cm³/mol. The molecule has 0 aliphatic rings. The summed E-state index contributed by atoms with van der Waals surface area (Å²) < 4.78 is 2.38. The zero-order chi connectivity index (χ0) is 17.9. The minimum Gasteiger partial charge on any atom is -0.356 e. The van der Waals surface area contributed by atoms with Crippen LogP contribution in [0.15, 0.2) is 24.3 Å². The summed E-state index contributed by atoms with van der Waals surface area (Å²) >= 11 is 0. The summed E-state index contributed by atoms with van der Waals surface area (Å²) in [5, 5.41) is 3.00. The van der Waals surface area contributed by atoms with E-state index in [0.29, 0.717) is 6.42 Å². The van der Waals surface area contributed by atoms with Crippen molar-refractivity contribution in [1.29, 1.82) is 0 Å². The van der Waals surface area contributed by atoms with Gasteiger partial charge in [0.1, 0.15) is 5.82 Å². The summed E-state index contributed by atoms with van der Waals surface area (Å²) in [6.07, 6.45) is 9.80. The van der Waals surface area contributed by atoms with E-state index in [1.54, 1.807) is 0 Å². The van der Waals surface area contributed by atoms with E-state index in [1.807, 2.05) is 6.92 Å². The van der Waals surface area contributed by atoms with Gasteiger partial charge in [0.05, 0.1) is 11.0 Å². The van der Waals surface area contributed by atoms with Gasteiger partial charge in [-0.25, -0.2) is 4.98 Å². The van der Waals surface area contributed by atoms with Crippen molar-refractivity contribution in [1.82, 2.24) is 14.9 Å². The SMILES string of the molecule is CCCCCCCn1c(CCCNC(=O)CCC)nc2ccccc21. The van der Waals surface area contributed by atoms with Gasteiger partial charge >= 0.3 is 0 Å². The van der Waals surface area contributed by atoms with Gasteiger partial charge in [-0.2, -0.15) is 0 Å². The Kier molecular flexibility index (Phi) is 8.50. The van der Waals surface area contributed by atoms with Gasteiger partial charge < -0.3 is 9.88 Å². The third kappa shape index (κ3) is 6.18. The predicted octanol–water partition coefficient (Wildman–Crippen LogP) is 4.86. The van der Waals surface area contributed by atoms with Crippen LogP contribution in [0.3, 0.4) is 0 Å². The minimum absolute atomic E-state index is 0.159. The molecule has 0 unspecified atom stereocenters. The first-order valence-corrected chi connectivity index (χ1v) is 9.97. The molecule has 1 aromatic carbocycles. The van der Waals surface area contributed by atoms with E-state index >= 15 is 0 Å². The van der Waals surface area contributed by atoms with Crippen molar-refractivity contribution in [2.75, 3.05) is 6.54 Å². The van der Waals surface area contributed by atoms with Gasteiger partial charge in [-0.05, 0) is 31.4 Å². The van der Waals surface area contributed by atoms with Crippen LogP contribution in [0.2, 0.25) is 0 Å². The zero-order valence-electron chi connectivity index (χ0n) is 15.9. The van der Waals surface area contributed by atoms with Crippen LogP contribution in [-0.2, 0) is 17.8 Å². The van der Waals surface area contributed by atoms with Crippen LogP contribution in [0.1, 0.15) is 71.0 Å². The van der Waals surface area contributed by atoms with Crippen LogP contribution in [-0.4, -0.2) is 22.0 Å². The number of rotatable bonds is 12. The second-order valence-corrected chi connectivity index (χ2v) is 6.79. The average molecular weight is 344 g/mol. The number of carbonyl (C=O) groups excluding carboxylic acids is 1. The molecule has 0 aliphatic carbocycles. The second kappa shape index (κ2) is 10.9. The molecular weight excluding hydrogens is 310 g/mol. The Bertz CT molecular complexity index is 648. The molecule has 0 fully saturated rings. The Labute approximate surface area is 152 Å². The zero-order valence-corrected chi connectivity index (χ0v) is 15.9. The van der Waals surface area contributed by atoms with Gasteiger partial charge in [0.25, 0.3) is 0 Å². The molecule has 0 saturated heterocycles. The van der Waals surface area contributed by atoms with Crippen LogP contribution in [0, 0.1) is 0 Å². The topological polar surface area (TPSA) is 46.9 Å². The van der Waals surface area contributed by atoms with Gasteiger partial charge in [-0.3, -0.25) is 4.79 Å². The van der Waals surface area contributed by atoms with Crippen molar-refractivity contribution in [3.63, 3.8) is 0 Å². The van der Waals surface area contributed by atoms with Crippen molar-refractivity contribution in [2.24, 2.45) is 0 Å². The Morgan fingerprint density at radius 1 is 1.04 bits per heavy atom. The Morgan fingerprint density at radius 3 is 2.64 bits per heavy atom. The summed E-state index contributed by atoms with van der Waals surface area (Å²) in [5.41, 5.74) is 2.32. The van der Waals surface area contributed by atoms with Gasteiger partial charge in [0, 0.05) is 25.9 Å². The van der Waals surface area contributed by atoms with Gasteiger partial charge in [0.15, 0.2) is 0 Å². The van der Waals surface area contributed by atoms with E-state index in [1.165, 1.54) is 37.6 Å². The number of hydrogen-bond donors (Lipinski definition) is 1. The highest BCUT2D eigenvalue weighted by Gasteiger charge is 2.10. The lowest BCUT2D eigenvalue weighted by Crippen LogP contribution is -2.24. The number of carbonyl (C=O) groups is 1. The van der Waals surface area contributed by atoms with E-state index in [0.717, 1.165) is 43.7 Å². The van der Waals surface area contributed by atoms with Gasteiger partial charge in [-0.15, -0.1) is 0 Å². The van der Waals surface area contributed by atoms with Gasteiger partial charge in [-0.1, -0.05) is 51.7 Å². The van der Waals surface area contributed by atoms with Crippen LogP contribution in [0.25, 0.3) is 11.0 Å². The number of aryl methyl sites for hydroxylation is 2. The normalized spacial score (nSPS) is 11.1. The monoisotopic (exact) mass is 343 g/mol. The fourth-order valence-electron chi connectivity index (χ4n) is 3.23. The molecule has 4 heteroatoms. The fourth-order valence-corrected chi connectivity index (χ4v) is 3.23. The van der Waals surface area contributed by atoms with Crippen molar-refractivity contribution in [2.45, 2.75) is 78.2 Å². The molecule has 1 aromatic heterocycles. The van der Waals surface area contributed by atoms with Crippen LogP contribution in [0.5, 0.6) is 0 Å². The average Bonchev–Trinajstić information content (AvgIpc) is 2.96. The molecule has 0 bridgehead atoms. The summed E-state index contributed by atoms with van der Waals surface area (Å²) in [5.74, 6) is 1.31. The summed E-state index contributed by atoms with van der Waals surface area (Å²) in [6, 6.07) is 8.40. The summed E-state index contributed by atoms with van der Waals surface area (Å²) in [4.78, 5) is 16.4. The fraction of sp³-hybridized carbons (Fsp3) is 0.619. The largest absolute Gasteiger partial charge is 0.356 e. The lowest BCUT2D eigenvalue weighted by atomic mass is 10.1. The first-order valence-electron chi connectivity index (χ1n) is 9.97. The van der Waals surface area contributed by atoms with Crippen molar-refractivity contribution in [3.05, 3.63) is 30.1 Å². The van der Waals surface area contributed by atoms with Gasteiger partial charge in [0.2, 0.25) is 5.91 Å². The molecule has 4 nitrogen and oxygen atoms in total. The molecule has 1 amide bonds. The molecule has 0 spiro atoms. The smallest absolute Gasteiger partial charge is 0.219 e. The molecule has 0 radical (unpaired) electrons. The van der Waals surface area contributed by atoms with E-state index in [9.17, 15) is 4.79 Å². The number of unbranched alkanes of at least 4 members (excludes halogenated alkanes) is 4. The lowest BCUT2D eigenvalue weighted by Gasteiger charge is -2.10. The standard InChI is InChI=1S/C21H33N3O/c1-3-5-6-7-10-17-24-19-14-9-8-13-18(19)23-20(24)15-11-16-22-21(25)12-4-2/h8-9,13-14H,3-7,10-12,15-17H2,1-2H3,(H,22,25). The lowest BCUT2D eigenvalue weighted by molar-refractivity contribution is -0.121. The maximum Gasteiger partial charge on any atom is 0.219 e. The highest BCUT2D eigenvalue weighted by atomic mass is 16.1. The number of imidazole rings is 1. The molecule has 0 saturated carbocycles. The van der Waals surface area contributed by atoms with Crippen molar-refractivity contribution < 1.29 is 4.79 Å². The summed E-state index contributed by atoms with van der Waals surface area (Å²) in [6.45, 7) is 6.06. The maximum atomic E-state index is 11.6. The number of aromatic nitrogens is 2. The minimum atomic E-state index is 0.159. The number of benzene rings is 1. The Balaban J connectivity index is 1.92. The molecule has 0 atom stereocenters. The van der Waals surface area contributed by atoms with E-state index in [2.05, 4.69) is 41.1 Å². The molecule has 0 aliphatic heterocycles. The number of hydrogen-bond acceptors (Lipinski definition) is 2. The van der Waals surface area contributed by atoms with Crippen LogP contribution in [0.4, 0.5) is 0 Å². The number of para-hydroxylation sites is 2. The molecule has 1 N–H and O–H groups in total. The Morgan fingerprint density at radius 2 is 1.84 bits per heavy atom. The van der Waals surface area contributed by atoms with Crippen LogP contribution >= 0.6 is 0 Å². The highest BCUT2D eigenvalue weighted by Crippen LogP contribution is 2.18. The van der Waals surface area contributed by atoms with Crippen molar-refractivity contribution in [3.8, 4) is 0 Å². The molecule has 1 heterocycles. The molecule has 2 rings (SSSR count). The number of amides is 1. The second-order valence-electron chi connectivity index (χ2n) is 6.79. The Hall–Kier alpha value is -1.84. The highest BCUT2D eigenvalue weighted by molar-refractivity contribution is 5.76. The van der Waals surface area contributed by atoms with E-state index < -0.39 is 0 Å². The number of nitrogens with zero attached hydrogens (tertiary/aromatic N) is 2. The third-order valence-corrected chi connectivity index (χ3v) is 4.60. The molecule has 138 valence electrons. The first-order chi connectivity index (χ1) is 12.3.